The molecule has 3 fully saturated rings. The molecular formula is C37H51N5O9S. The van der Waals surface area contributed by atoms with Crippen LogP contribution in [-0.4, -0.2) is 89.0 Å². The zero-order valence-electron chi connectivity index (χ0n) is 30.7. The van der Waals surface area contributed by atoms with Crippen molar-refractivity contribution in [2.75, 3.05) is 6.54 Å². The molecule has 1 aromatic rings. The first kappa shape index (κ1) is 38.9. The number of allylic oxidation sites excluding steroid dienone is 2. The molecule has 5 rings (SSSR count). The molecule has 4 amide bonds. The van der Waals surface area contributed by atoms with Gasteiger partial charge in [0, 0.05) is 30.5 Å². The van der Waals surface area contributed by atoms with E-state index >= 15 is 0 Å². The normalized spacial score (nSPS) is 24.4. The van der Waals surface area contributed by atoms with Gasteiger partial charge in [0.15, 0.2) is 5.78 Å². The van der Waals surface area contributed by atoms with Gasteiger partial charge in [-0.25, -0.2) is 18.2 Å². The van der Waals surface area contributed by atoms with Gasteiger partial charge in [-0.15, -0.1) is 6.58 Å². The van der Waals surface area contributed by atoms with Gasteiger partial charge in [0.2, 0.25) is 27.7 Å². The highest BCUT2D eigenvalue weighted by Gasteiger charge is 2.62. The van der Waals surface area contributed by atoms with E-state index in [1.807, 2.05) is 6.07 Å². The number of hydrogen-bond acceptors (Lipinski definition) is 10. The van der Waals surface area contributed by atoms with Crippen LogP contribution in [0, 0.1) is 5.92 Å². The summed E-state index contributed by atoms with van der Waals surface area (Å²) in [6, 6.07) is -0.460. The molecule has 1 aromatic heterocycles. The minimum atomic E-state index is -3.91. The molecule has 0 radical (unpaired) electrons. The molecule has 4 aliphatic rings. The van der Waals surface area contributed by atoms with Gasteiger partial charge >= 0.3 is 6.09 Å². The molecule has 0 aromatic carbocycles. The van der Waals surface area contributed by atoms with E-state index in [0.29, 0.717) is 18.7 Å². The van der Waals surface area contributed by atoms with E-state index in [4.69, 9.17) is 9.47 Å². The fraction of sp³-hybridized carbons (Fsp3) is 0.622. The maximum absolute atomic E-state index is 14.4. The topological polar surface area (TPSA) is 190 Å². The average molecular weight is 742 g/mol. The lowest BCUT2D eigenvalue weighted by molar-refractivity contribution is -0.141. The van der Waals surface area contributed by atoms with Crippen molar-refractivity contribution in [2.24, 2.45) is 5.92 Å². The third-order valence-corrected chi connectivity index (χ3v) is 11.5. The first-order chi connectivity index (χ1) is 24.4. The Bertz CT molecular complexity index is 1750. The van der Waals surface area contributed by atoms with Gasteiger partial charge in [0.25, 0.3) is 5.91 Å². The van der Waals surface area contributed by atoms with Gasteiger partial charge in [-0.3, -0.25) is 23.9 Å². The summed E-state index contributed by atoms with van der Waals surface area (Å²) in [5.74, 6) is -2.53. The Morgan fingerprint density at radius 3 is 2.48 bits per heavy atom. The number of fused-ring (bicyclic) bond motifs is 1. The lowest BCUT2D eigenvalue weighted by atomic mass is 9.93. The minimum Gasteiger partial charge on any atom is -0.472 e. The second-order valence-electron chi connectivity index (χ2n) is 15.6. The lowest BCUT2D eigenvalue weighted by Gasteiger charge is -2.30. The van der Waals surface area contributed by atoms with Crippen LogP contribution in [0.25, 0.3) is 0 Å². The van der Waals surface area contributed by atoms with E-state index in [1.165, 1.54) is 17.1 Å². The molecule has 3 aliphatic carbocycles. The van der Waals surface area contributed by atoms with Gasteiger partial charge in [0.1, 0.15) is 29.3 Å². The van der Waals surface area contributed by atoms with Crippen LogP contribution in [0.15, 0.2) is 36.6 Å². The maximum Gasteiger partial charge on any atom is 0.408 e. The summed E-state index contributed by atoms with van der Waals surface area (Å²) in [7, 11) is -3.91. The lowest BCUT2D eigenvalue weighted by Crippen LogP contribution is -2.58. The van der Waals surface area contributed by atoms with E-state index in [-0.39, 0.29) is 38.0 Å². The van der Waals surface area contributed by atoms with Crippen molar-refractivity contribution in [3.8, 4) is 5.88 Å². The molecular weight excluding hydrogens is 691 g/mol. The van der Waals surface area contributed by atoms with Crippen molar-refractivity contribution in [3.63, 3.8) is 0 Å². The number of nitrogens with zero attached hydrogens (tertiary/aromatic N) is 2. The molecule has 3 N–H and O–H groups in total. The van der Waals surface area contributed by atoms with Crippen molar-refractivity contribution in [2.45, 2.75) is 133 Å². The predicted molar refractivity (Wildman–Crippen MR) is 192 cm³/mol. The van der Waals surface area contributed by atoms with E-state index in [9.17, 15) is 32.4 Å². The summed E-state index contributed by atoms with van der Waals surface area (Å²) in [5, 5.41) is 4.72. The van der Waals surface area contributed by atoms with Crippen LogP contribution in [0.4, 0.5) is 4.79 Å². The van der Waals surface area contributed by atoms with E-state index in [1.54, 1.807) is 40.8 Å². The molecule has 14 nitrogen and oxygen atoms in total. The van der Waals surface area contributed by atoms with Gasteiger partial charge in [-0.05, 0) is 104 Å². The quantitative estimate of drug-likeness (QED) is 0.189. The Morgan fingerprint density at radius 1 is 1.13 bits per heavy atom. The van der Waals surface area contributed by atoms with E-state index in [0.717, 1.165) is 42.4 Å². The first-order valence-electron chi connectivity index (χ1n) is 18.0. The molecule has 1 saturated heterocycles. The molecule has 2 heterocycles. The molecule has 52 heavy (non-hydrogen) atoms. The monoisotopic (exact) mass is 741 g/mol. The number of sulfonamides is 1. The number of carbonyl (C=O) groups is 5. The van der Waals surface area contributed by atoms with E-state index in [2.05, 4.69) is 26.9 Å². The van der Waals surface area contributed by atoms with Crippen LogP contribution in [-0.2, 0) is 46.8 Å². The van der Waals surface area contributed by atoms with Gasteiger partial charge < -0.3 is 25.0 Å². The Morgan fingerprint density at radius 2 is 1.85 bits per heavy atom. The number of pyridine rings is 1. The average Bonchev–Trinajstić information content (AvgIpc) is 3.98. The molecule has 1 aliphatic heterocycles. The van der Waals surface area contributed by atoms with Crippen LogP contribution in [0.2, 0.25) is 0 Å². The third-order valence-electron chi connectivity index (χ3n) is 9.73. The Hall–Kier alpha value is -4.27. The fourth-order valence-corrected chi connectivity index (χ4v) is 8.24. The number of amides is 4. The van der Waals surface area contributed by atoms with E-state index < -0.39 is 74.3 Å². The number of aryl methyl sites for hydroxylation is 1. The van der Waals surface area contributed by atoms with Crippen molar-refractivity contribution >= 4 is 39.6 Å². The Balaban J connectivity index is 1.42. The predicted octanol–water partition coefficient (Wildman–Crippen LogP) is 3.19. The van der Waals surface area contributed by atoms with Crippen molar-refractivity contribution in [1.82, 2.24) is 25.2 Å². The summed E-state index contributed by atoms with van der Waals surface area (Å²) in [5.41, 5.74) is 0.458. The second kappa shape index (κ2) is 15.4. The summed E-state index contributed by atoms with van der Waals surface area (Å²) in [6.45, 7) is 12.3. The largest absolute Gasteiger partial charge is 0.472 e. The molecule has 5 atom stereocenters. The number of aromatic nitrogens is 1. The van der Waals surface area contributed by atoms with Crippen molar-refractivity contribution < 1.29 is 41.9 Å². The molecule has 284 valence electrons. The molecule has 0 bridgehead atoms. The Kier molecular flexibility index (Phi) is 11.5. The summed E-state index contributed by atoms with van der Waals surface area (Å²) in [4.78, 5) is 73.5. The number of likely N-dealkylation sites (tertiary alicyclic amines) is 1. The second-order valence-corrected chi connectivity index (χ2v) is 17.5. The van der Waals surface area contributed by atoms with Gasteiger partial charge in [-0.1, -0.05) is 11.6 Å². The number of ether oxygens (including phenoxy) is 2. The maximum atomic E-state index is 14.4. The number of ketones is 1. The highest BCUT2D eigenvalue weighted by molar-refractivity contribution is 7.91. The first-order valence-corrected chi connectivity index (χ1v) is 19.6. The number of nitrogens with one attached hydrogen (secondary N) is 3. The van der Waals surface area contributed by atoms with Crippen LogP contribution >= 0.6 is 0 Å². The van der Waals surface area contributed by atoms with Crippen LogP contribution < -0.4 is 20.1 Å². The van der Waals surface area contributed by atoms with Crippen LogP contribution in [0.1, 0.15) is 97.1 Å². The third kappa shape index (κ3) is 9.39. The van der Waals surface area contributed by atoms with Gasteiger partial charge in [0.05, 0.1) is 11.8 Å². The SMILES string of the molecule is C=CC1CC1(NC(=O)C1CC(Oc2nccc3c2CCCC3)CN1C(=O)C(CCC(=O)C=C(C)C)NC(=O)OC(C)(C)C)C(=O)NS(=O)(=O)C1CC1. The highest BCUT2D eigenvalue weighted by atomic mass is 32.2. The zero-order chi connectivity index (χ0) is 38.0. The van der Waals surface area contributed by atoms with Crippen molar-refractivity contribution in [3.05, 3.63) is 47.7 Å². The Labute approximate surface area is 305 Å². The number of rotatable bonds is 14. The molecule has 15 heteroatoms. The zero-order valence-corrected chi connectivity index (χ0v) is 31.5. The van der Waals surface area contributed by atoms with Crippen LogP contribution in [0.3, 0.4) is 0 Å². The fourth-order valence-electron chi connectivity index (χ4n) is 6.87. The summed E-state index contributed by atoms with van der Waals surface area (Å²) in [6.07, 6.45) is 7.67. The molecule has 2 saturated carbocycles. The number of hydrogen-bond donors (Lipinski definition) is 3. The number of alkyl carbamates (subject to hydrolysis) is 1. The standard InChI is InChI=1S/C37H51N5O9S/c1-7-24-20-37(24,34(46)41-52(48,49)27-13-14-27)40-31(44)30-19-26(50-32-28-11-9-8-10-23(28)16-17-38-32)21-42(30)33(45)29(15-12-25(43)18-22(2)3)39-35(47)51-36(4,5)6/h7,16-18,24,26-27,29-30H,1,8-15,19-21H2,2-6H3,(H,39,47)(H,40,44)(H,41,46). The van der Waals surface area contributed by atoms with Gasteiger partial charge in [-0.2, -0.15) is 0 Å². The smallest absolute Gasteiger partial charge is 0.408 e. The van der Waals surface area contributed by atoms with Crippen LogP contribution in [0.5, 0.6) is 5.88 Å². The molecule has 0 spiro atoms. The summed E-state index contributed by atoms with van der Waals surface area (Å²) < 4.78 is 39.3. The van der Waals surface area contributed by atoms with Crippen molar-refractivity contribution in [1.29, 1.82) is 0 Å². The summed E-state index contributed by atoms with van der Waals surface area (Å²) >= 11 is 0. The molecule has 5 unspecified atom stereocenters. The number of carbonyl (C=O) groups excluding carboxylic acids is 5. The highest BCUT2D eigenvalue weighted by Crippen LogP contribution is 2.45. The minimum absolute atomic E-state index is 0.0234.